The van der Waals surface area contributed by atoms with E-state index >= 15 is 0 Å². The Hall–Kier alpha value is -3.12. The second kappa shape index (κ2) is 6.78. The van der Waals surface area contributed by atoms with Gasteiger partial charge in [-0.05, 0) is 29.8 Å². The van der Waals surface area contributed by atoms with E-state index in [2.05, 4.69) is 11.9 Å². The quantitative estimate of drug-likeness (QED) is 0.374. The molecule has 1 amide bonds. The van der Waals surface area contributed by atoms with Crippen molar-refractivity contribution in [3.8, 4) is 5.75 Å². The molecule has 0 aromatic heterocycles. The number of nitro groups is 1. The van der Waals surface area contributed by atoms with Crippen LogP contribution >= 0.6 is 11.6 Å². The smallest absolute Gasteiger partial charge is 0.288 e. The van der Waals surface area contributed by atoms with Gasteiger partial charge < -0.3 is 10.1 Å². The first-order valence-electron chi connectivity index (χ1n) is 7.34. The molecule has 0 aliphatic carbocycles. The van der Waals surface area contributed by atoms with E-state index in [4.69, 9.17) is 16.3 Å². The molecule has 0 saturated carbocycles. The number of fused-ring (bicyclic) bond motifs is 1. The predicted molar refractivity (Wildman–Crippen MR) is 96.7 cm³/mol. The summed E-state index contributed by atoms with van der Waals surface area (Å²) < 4.78 is 5.41. The summed E-state index contributed by atoms with van der Waals surface area (Å²) in [7, 11) is 0. The van der Waals surface area contributed by atoms with E-state index in [9.17, 15) is 14.9 Å². The van der Waals surface area contributed by atoms with Crippen LogP contribution in [0.5, 0.6) is 5.75 Å². The summed E-state index contributed by atoms with van der Waals surface area (Å²) in [4.78, 5) is 22.7. The first-order chi connectivity index (χ1) is 12.0. The maximum atomic E-state index is 12.2. The van der Waals surface area contributed by atoms with Crippen LogP contribution in [0.4, 0.5) is 11.4 Å². The van der Waals surface area contributed by atoms with Gasteiger partial charge in [-0.2, -0.15) is 0 Å². The molecule has 1 aliphatic heterocycles. The van der Waals surface area contributed by atoms with E-state index in [1.807, 2.05) is 0 Å². The summed E-state index contributed by atoms with van der Waals surface area (Å²) >= 11 is 5.88. The number of carbonyl (C=O) groups excluding carboxylic acids is 1. The second-order valence-corrected chi connectivity index (χ2v) is 5.69. The molecule has 7 heteroatoms. The number of anilines is 1. The number of rotatable bonds is 5. The Morgan fingerprint density at radius 3 is 2.64 bits per heavy atom. The van der Waals surface area contributed by atoms with E-state index in [0.29, 0.717) is 29.2 Å². The molecule has 25 heavy (non-hydrogen) atoms. The van der Waals surface area contributed by atoms with Crippen molar-refractivity contribution >= 4 is 40.5 Å². The van der Waals surface area contributed by atoms with E-state index in [1.165, 1.54) is 12.1 Å². The summed E-state index contributed by atoms with van der Waals surface area (Å²) in [6, 6.07) is 9.83. The van der Waals surface area contributed by atoms with Crippen molar-refractivity contribution in [2.75, 3.05) is 11.9 Å². The third kappa shape index (κ3) is 3.39. The molecule has 3 rings (SSSR count). The average Bonchev–Trinajstić information content (AvgIpc) is 2.88. The molecule has 0 radical (unpaired) electrons. The van der Waals surface area contributed by atoms with Crippen LogP contribution in [0, 0.1) is 10.1 Å². The number of nitrogens with one attached hydrogen (secondary N) is 1. The highest BCUT2D eigenvalue weighted by Crippen LogP contribution is 2.39. The predicted octanol–water partition coefficient (Wildman–Crippen LogP) is 4.31. The van der Waals surface area contributed by atoms with Gasteiger partial charge in [0.2, 0.25) is 0 Å². The van der Waals surface area contributed by atoms with Crippen molar-refractivity contribution in [1.82, 2.24) is 0 Å². The number of nitrogens with zero attached hydrogens (tertiary/aromatic N) is 1. The summed E-state index contributed by atoms with van der Waals surface area (Å²) in [6.07, 6.45) is 3.31. The highest BCUT2D eigenvalue weighted by molar-refractivity contribution is 6.37. The van der Waals surface area contributed by atoms with Crippen LogP contribution in [0.3, 0.4) is 0 Å². The molecule has 126 valence electrons. The number of hydrogen-bond donors (Lipinski definition) is 1. The molecule has 1 N–H and O–H groups in total. The fourth-order valence-electron chi connectivity index (χ4n) is 2.47. The Balaban J connectivity index is 1.97. The minimum Gasteiger partial charge on any atom is -0.490 e. The van der Waals surface area contributed by atoms with Gasteiger partial charge in [-0.3, -0.25) is 14.9 Å². The highest BCUT2D eigenvalue weighted by Gasteiger charge is 2.28. The first-order valence-corrected chi connectivity index (χ1v) is 7.72. The van der Waals surface area contributed by atoms with Crippen LogP contribution in [0.25, 0.3) is 11.6 Å². The summed E-state index contributed by atoms with van der Waals surface area (Å²) in [5.41, 5.74) is 1.78. The van der Waals surface area contributed by atoms with E-state index in [0.717, 1.165) is 5.56 Å². The number of nitro benzene ring substituents is 1. The average molecular weight is 357 g/mol. The van der Waals surface area contributed by atoms with Gasteiger partial charge in [-0.1, -0.05) is 36.4 Å². The van der Waals surface area contributed by atoms with Gasteiger partial charge in [0.25, 0.3) is 11.6 Å². The molecule has 0 atom stereocenters. The lowest BCUT2D eigenvalue weighted by Gasteiger charge is -2.04. The minimum atomic E-state index is -0.575. The minimum absolute atomic E-state index is 0.0194. The van der Waals surface area contributed by atoms with Gasteiger partial charge in [0.1, 0.15) is 17.4 Å². The van der Waals surface area contributed by atoms with Crippen molar-refractivity contribution in [2.24, 2.45) is 0 Å². The number of hydrogen-bond acceptors (Lipinski definition) is 4. The Kier molecular flexibility index (Phi) is 4.54. The van der Waals surface area contributed by atoms with Crippen molar-refractivity contribution in [2.45, 2.75) is 0 Å². The number of amides is 1. The molecule has 0 fully saturated rings. The standard InChI is InChI=1S/C18H13ClN2O4/c1-2-7-25-12-5-3-11(4-6-12)8-14-13-9-17(21(23)24)15(19)10-16(13)20-18(14)22/h2-6,8-10H,1,7H2,(H,20,22)/b14-8+. The number of carbonyl (C=O) groups is 1. The maximum Gasteiger partial charge on any atom is 0.288 e. The third-order valence-electron chi connectivity index (χ3n) is 3.63. The Morgan fingerprint density at radius 2 is 2.00 bits per heavy atom. The lowest BCUT2D eigenvalue weighted by Crippen LogP contribution is -2.03. The zero-order valence-corrected chi connectivity index (χ0v) is 13.7. The van der Waals surface area contributed by atoms with Crippen LogP contribution in [-0.4, -0.2) is 17.4 Å². The Bertz CT molecular complexity index is 904. The van der Waals surface area contributed by atoms with Crippen LogP contribution in [0.2, 0.25) is 5.02 Å². The Morgan fingerprint density at radius 1 is 1.28 bits per heavy atom. The zero-order valence-electron chi connectivity index (χ0n) is 13.0. The molecule has 0 bridgehead atoms. The van der Waals surface area contributed by atoms with E-state index in [1.54, 1.807) is 36.4 Å². The fourth-order valence-corrected chi connectivity index (χ4v) is 2.70. The van der Waals surface area contributed by atoms with Gasteiger partial charge in [-0.15, -0.1) is 0 Å². The Labute approximate surface area is 148 Å². The molecule has 0 saturated heterocycles. The van der Waals surface area contributed by atoms with Crippen LogP contribution in [0.15, 0.2) is 49.1 Å². The van der Waals surface area contributed by atoms with Crippen LogP contribution in [-0.2, 0) is 4.79 Å². The lowest BCUT2D eigenvalue weighted by atomic mass is 10.0. The lowest BCUT2D eigenvalue weighted by molar-refractivity contribution is -0.384. The molecular formula is C18H13ClN2O4. The topological polar surface area (TPSA) is 81.5 Å². The first kappa shape index (κ1) is 16.7. The summed E-state index contributed by atoms with van der Waals surface area (Å²) in [5.74, 6) is 0.347. The zero-order chi connectivity index (χ0) is 18.0. The third-order valence-corrected chi connectivity index (χ3v) is 3.93. The molecule has 0 unspecified atom stereocenters. The molecule has 2 aromatic carbocycles. The molecule has 1 heterocycles. The monoisotopic (exact) mass is 356 g/mol. The van der Waals surface area contributed by atoms with Gasteiger partial charge in [0.05, 0.1) is 10.6 Å². The van der Waals surface area contributed by atoms with Gasteiger partial charge in [-0.25, -0.2) is 0 Å². The van der Waals surface area contributed by atoms with Gasteiger partial charge in [0.15, 0.2) is 0 Å². The van der Waals surface area contributed by atoms with Gasteiger partial charge >= 0.3 is 0 Å². The van der Waals surface area contributed by atoms with Crippen molar-refractivity contribution in [3.63, 3.8) is 0 Å². The SMILES string of the molecule is C=CCOc1ccc(/C=C2/C(=O)Nc3cc(Cl)c([N+](=O)[O-])cc32)cc1. The van der Waals surface area contributed by atoms with Gasteiger partial charge in [0, 0.05) is 17.2 Å². The van der Waals surface area contributed by atoms with E-state index in [-0.39, 0.29) is 16.6 Å². The normalized spacial score (nSPS) is 14.1. The maximum absolute atomic E-state index is 12.2. The number of halogens is 1. The molecule has 0 spiro atoms. The fraction of sp³-hybridized carbons (Fsp3) is 0.0556. The summed E-state index contributed by atoms with van der Waals surface area (Å²) in [5, 5.41) is 13.7. The molecule has 1 aliphatic rings. The van der Waals surface area contributed by atoms with Crippen LogP contribution in [0.1, 0.15) is 11.1 Å². The van der Waals surface area contributed by atoms with Crippen molar-refractivity contribution < 1.29 is 14.5 Å². The summed E-state index contributed by atoms with van der Waals surface area (Å²) in [6.45, 7) is 3.98. The molecule has 2 aromatic rings. The number of ether oxygens (including phenoxy) is 1. The van der Waals surface area contributed by atoms with Crippen molar-refractivity contribution in [3.05, 3.63) is 75.3 Å². The second-order valence-electron chi connectivity index (χ2n) is 5.29. The molecule has 6 nitrogen and oxygen atoms in total. The highest BCUT2D eigenvalue weighted by atomic mass is 35.5. The van der Waals surface area contributed by atoms with Crippen LogP contribution < -0.4 is 10.1 Å². The number of benzene rings is 2. The van der Waals surface area contributed by atoms with E-state index < -0.39 is 4.92 Å². The largest absolute Gasteiger partial charge is 0.490 e. The van der Waals surface area contributed by atoms with Crippen molar-refractivity contribution in [1.29, 1.82) is 0 Å². The molecular weight excluding hydrogens is 344 g/mol.